The van der Waals surface area contributed by atoms with Crippen molar-refractivity contribution in [1.82, 2.24) is 19.7 Å². The summed E-state index contributed by atoms with van der Waals surface area (Å²) < 4.78 is 1.71. The summed E-state index contributed by atoms with van der Waals surface area (Å²) in [5.41, 5.74) is 4.28. The van der Waals surface area contributed by atoms with Gasteiger partial charge in [0.25, 0.3) is 11.8 Å². The molecule has 2 aromatic heterocycles. The fraction of sp³-hybridized carbons (Fsp3) is 0.200. The van der Waals surface area contributed by atoms with Crippen molar-refractivity contribution in [3.63, 3.8) is 0 Å². The molecule has 0 radical (unpaired) electrons. The molecule has 32 heavy (non-hydrogen) atoms. The minimum absolute atomic E-state index is 0.131. The molecular formula is C25H25N5O2. The molecule has 162 valence electrons. The number of nitrogens with one attached hydrogen (secondary N) is 1. The molecule has 1 N–H and O–H groups in total. The Labute approximate surface area is 186 Å². The van der Waals surface area contributed by atoms with Gasteiger partial charge in [-0.3, -0.25) is 14.3 Å². The van der Waals surface area contributed by atoms with Gasteiger partial charge in [0, 0.05) is 36.9 Å². The number of carbonyl (C=O) groups is 2. The fourth-order valence-electron chi connectivity index (χ4n) is 3.70. The third-order valence-electron chi connectivity index (χ3n) is 5.67. The Morgan fingerprint density at radius 2 is 1.78 bits per heavy atom. The van der Waals surface area contributed by atoms with E-state index in [1.807, 2.05) is 69.4 Å². The Morgan fingerprint density at radius 3 is 2.53 bits per heavy atom. The average Bonchev–Trinajstić information content (AvgIpc) is 3.11. The Hall–Kier alpha value is -4.00. The van der Waals surface area contributed by atoms with Crippen molar-refractivity contribution in [2.45, 2.75) is 19.9 Å². The molecule has 0 bridgehead atoms. The summed E-state index contributed by atoms with van der Waals surface area (Å²) in [5, 5.41) is 8.15. The average molecular weight is 428 g/mol. The Morgan fingerprint density at radius 1 is 1.03 bits per heavy atom. The number of rotatable bonds is 5. The molecule has 7 heteroatoms. The Balaban J connectivity index is 1.53. The first-order valence-electron chi connectivity index (χ1n) is 10.4. The monoisotopic (exact) mass is 427 g/mol. The summed E-state index contributed by atoms with van der Waals surface area (Å²) in [6, 6.07) is 18.2. The molecule has 0 spiro atoms. The van der Waals surface area contributed by atoms with Crippen molar-refractivity contribution < 1.29 is 9.59 Å². The molecule has 0 saturated heterocycles. The lowest BCUT2D eigenvalue weighted by molar-refractivity contribution is 0.0742. The molecule has 2 amide bonds. The van der Waals surface area contributed by atoms with Crippen molar-refractivity contribution >= 4 is 28.5 Å². The van der Waals surface area contributed by atoms with Gasteiger partial charge in [-0.15, -0.1) is 0 Å². The SMILES string of the molecule is Cc1nn(C)c2ncc(C(=O)N(C)[C@H](C)c3cccc(NC(=O)c4ccccc4)c3)cc12. The highest BCUT2D eigenvalue weighted by molar-refractivity contribution is 6.04. The maximum atomic E-state index is 13.2. The Kier molecular flexibility index (Phi) is 5.73. The normalized spacial score (nSPS) is 11.9. The first-order chi connectivity index (χ1) is 15.3. The molecule has 2 aromatic carbocycles. The van der Waals surface area contributed by atoms with Gasteiger partial charge in [-0.2, -0.15) is 5.10 Å². The maximum absolute atomic E-state index is 13.2. The van der Waals surface area contributed by atoms with Gasteiger partial charge in [-0.25, -0.2) is 4.98 Å². The van der Waals surface area contributed by atoms with Crippen LogP contribution in [0.2, 0.25) is 0 Å². The number of aryl methyl sites for hydroxylation is 2. The fourth-order valence-corrected chi connectivity index (χ4v) is 3.70. The summed E-state index contributed by atoms with van der Waals surface area (Å²) in [7, 11) is 3.60. The molecule has 0 aliphatic rings. The molecule has 0 saturated carbocycles. The largest absolute Gasteiger partial charge is 0.335 e. The zero-order valence-corrected chi connectivity index (χ0v) is 18.5. The molecule has 0 unspecified atom stereocenters. The molecule has 0 fully saturated rings. The smallest absolute Gasteiger partial charge is 0.255 e. The number of pyridine rings is 1. The first-order valence-corrected chi connectivity index (χ1v) is 10.4. The summed E-state index contributed by atoms with van der Waals surface area (Å²) >= 11 is 0. The summed E-state index contributed by atoms with van der Waals surface area (Å²) in [6.45, 7) is 3.86. The topological polar surface area (TPSA) is 80.1 Å². The van der Waals surface area contributed by atoms with Crippen LogP contribution in [0.4, 0.5) is 5.69 Å². The van der Waals surface area contributed by atoms with Crippen LogP contribution in [0.5, 0.6) is 0 Å². The minimum atomic E-state index is -0.207. The van der Waals surface area contributed by atoms with Crippen LogP contribution in [0.25, 0.3) is 11.0 Å². The third-order valence-corrected chi connectivity index (χ3v) is 5.67. The van der Waals surface area contributed by atoms with E-state index in [2.05, 4.69) is 15.4 Å². The molecule has 4 aromatic rings. The Bertz CT molecular complexity index is 1300. The number of hydrogen-bond donors (Lipinski definition) is 1. The minimum Gasteiger partial charge on any atom is -0.335 e. The standard InChI is InChI=1S/C25H25N5O2/c1-16-22-14-20(15-26-23(22)30(4)28-16)25(32)29(3)17(2)19-11-8-12-21(13-19)27-24(31)18-9-6-5-7-10-18/h5-15,17H,1-4H3,(H,27,31)/t17-/m1/s1. The number of nitrogens with zero attached hydrogens (tertiary/aromatic N) is 4. The van der Waals surface area contributed by atoms with E-state index in [-0.39, 0.29) is 17.9 Å². The second kappa shape index (κ2) is 8.63. The van der Waals surface area contributed by atoms with Gasteiger partial charge < -0.3 is 10.2 Å². The van der Waals surface area contributed by atoms with Crippen LogP contribution < -0.4 is 5.32 Å². The van der Waals surface area contributed by atoms with Crippen molar-refractivity contribution in [1.29, 1.82) is 0 Å². The molecule has 0 aliphatic heterocycles. The van der Waals surface area contributed by atoms with Crippen LogP contribution in [0, 0.1) is 6.92 Å². The van der Waals surface area contributed by atoms with Crippen LogP contribution in [0.15, 0.2) is 66.9 Å². The van der Waals surface area contributed by atoms with E-state index >= 15 is 0 Å². The number of anilines is 1. The number of fused-ring (bicyclic) bond motifs is 1. The van der Waals surface area contributed by atoms with E-state index in [1.54, 1.807) is 35.0 Å². The number of benzene rings is 2. The van der Waals surface area contributed by atoms with Gasteiger partial charge in [0.05, 0.1) is 17.3 Å². The quantitative estimate of drug-likeness (QED) is 0.513. The summed E-state index contributed by atoms with van der Waals surface area (Å²) in [6.07, 6.45) is 1.59. The van der Waals surface area contributed by atoms with Gasteiger partial charge in [0.2, 0.25) is 0 Å². The number of amides is 2. The van der Waals surface area contributed by atoms with E-state index in [0.29, 0.717) is 16.8 Å². The van der Waals surface area contributed by atoms with Gasteiger partial charge in [0.15, 0.2) is 5.65 Å². The van der Waals surface area contributed by atoms with E-state index in [4.69, 9.17) is 0 Å². The lowest BCUT2D eigenvalue weighted by Gasteiger charge is -2.26. The second-order valence-corrected chi connectivity index (χ2v) is 7.84. The highest BCUT2D eigenvalue weighted by Gasteiger charge is 2.21. The number of hydrogen-bond acceptors (Lipinski definition) is 4. The lowest BCUT2D eigenvalue weighted by atomic mass is 10.1. The highest BCUT2D eigenvalue weighted by Crippen LogP contribution is 2.25. The zero-order chi connectivity index (χ0) is 22.8. The van der Waals surface area contributed by atoms with Gasteiger partial charge in [0.1, 0.15) is 0 Å². The van der Waals surface area contributed by atoms with E-state index in [1.165, 1.54) is 0 Å². The molecule has 0 aliphatic carbocycles. The van der Waals surface area contributed by atoms with E-state index in [0.717, 1.165) is 22.3 Å². The summed E-state index contributed by atoms with van der Waals surface area (Å²) in [5.74, 6) is -0.306. The van der Waals surface area contributed by atoms with Crippen LogP contribution in [0.1, 0.15) is 44.9 Å². The van der Waals surface area contributed by atoms with Crippen molar-refractivity contribution in [3.05, 3.63) is 89.2 Å². The van der Waals surface area contributed by atoms with Gasteiger partial charge in [-0.1, -0.05) is 30.3 Å². The lowest BCUT2D eigenvalue weighted by Crippen LogP contribution is -2.29. The molecule has 4 rings (SSSR count). The summed E-state index contributed by atoms with van der Waals surface area (Å²) in [4.78, 5) is 31.7. The van der Waals surface area contributed by atoms with Crippen LogP contribution >= 0.6 is 0 Å². The third kappa shape index (κ3) is 4.09. The predicted octanol–water partition coefficient (Wildman–Crippen LogP) is 4.36. The molecule has 2 heterocycles. The number of carbonyl (C=O) groups excluding carboxylic acids is 2. The van der Waals surface area contributed by atoms with Crippen LogP contribution in [0.3, 0.4) is 0 Å². The van der Waals surface area contributed by atoms with Gasteiger partial charge in [-0.05, 0) is 49.7 Å². The second-order valence-electron chi connectivity index (χ2n) is 7.84. The van der Waals surface area contributed by atoms with E-state index < -0.39 is 0 Å². The number of aromatic nitrogens is 3. The van der Waals surface area contributed by atoms with Crippen molar-refractivity contribution in [2.24, 2.45) is 7.05 Å². The molecule has 1 atom stereocenters. The van der Waals surface area contributed by atoms with Crippen molar-refractivity contribution in [2.75, 3.05) is 12.4 Å². The molecular weight excluding hydrogens is 402 g/mol. The highest BCUT2D eigenvalue weighted by atomic mass is 16.2. The van der Waals surface area contributed by atoms with Crippen LogP contribution in [-0.2, 0) is 7.05 Å². The maximum Gasteiger partial charge on any atom is 0.255 e. The molecule has 7 nitrogen and oxygen atoms in total. The van der Waals surface area contributed by atoms with E-state index in [9.17, 15) is 9.59 Å². The zero-order valence-electron chi connectivity index (χ0n) is 18.5. The van der Waals surface area contributed by atoms with Crippen molar-refractivity contribution in [3.8, 4) is 0 Å². The predicted molar refractivity (Wildman–Crippen MR) is 125 cm³/mol. The first kappa shape index (κ1) is 21.2. The van der Waals surface area contributed by atoms with Gasteiger partial charge >= 0.3 is 0 Å². The van der Waals surface area contributed by atoms with Crippen LogP contribution in [-0.4, -0.2) is 38.5 Å².